The van der Waals surface area contributed by atoms with Gasteiger partial charge in [0, 0.05) is 22.0 Å². The standard InChI is InChI=1S/C10H9Br2N/c11-8-3-4-10(9(12)7-8)13-5-1-2-6-13/h1-4,7H,5-6H2. The fourth-order valence-corrected chi connectivity index (χ4v) is 2.71. The molecule has 0 radical (unpaired) electrons. The number of halogens is 2. The highest BCUT2D eigenvalue weighted by atomic mass is 79.9. The van der Waals surface area contributed by atoms with Crippen LogP contribution in [0.15, 0.2) is 39.3 Å². The fourth-order valence-electron chi connectivity index (χ4n) is 1.41. The average molecular weight is 303 g/mol. The summed E-state index contributed by atoms with van der Waals surface area (Å²) in [6, 6.07) is 6.27. The van der Waals surface area contributed by atoms with Crippen molar-refractivity contribution in [3.63, 3.8) is 0 Å². The van der Waals surface area contributed by atoms with E-state index < -0.39 is 0 Å². The molecule has 1 aromatic carbocycles. The maximum Gasteiger partial charge on any atom is 0.0517 e. The Balaban J connectivity index is 2.30. The summed E-state index contributed by atoms with van der Waals surface area (Å²) in [6.07, 6.45) is 4.38. The van der Waals surface area contributed by atoms with E-state index in [1.807, 2.05) is 0 Å². The van der Waals surface area contributed by atoms with Gasteiger partial charge in [-0.2, -0.15) is 0 Å². The monoisotopic (exact) mass is 301 g/mol. The highest BCUT2D eigenvalue weighted by Crippen LogP contribution is 2.30. The van der Waals surface area contributed by atoms with E-state index in [0.29, 0.717) is 0 Å². The zero-order chi connectivity index (χ0) is 9.26. The van der Waals surface area contributed by atoms with Crippen LogP contribution in [0.5, 0.6) is 0 Å². The highest BCUT2D eigenvalue weighted by Gasteiger charge is 2.10. The first kappa shape index (κ1) is 9.28. The number of nitrogens with zero attached hydrogens (tertiary/aromatic N) is 1. The molecular formula is C10H9Br2N. The van der Waals surface area contributed by atoms with E-state index in [1.165, 1.54) is 5.69 Å². The Hall–Kier alpha value is -0.280. The first-order valence-corrected chi connectivity index (χ1v) is 5.71. The molecule has 0 bridgehead atoms. The summed E-state index contributed by atoms with van der Waals surface area (Å²) >= 11 is 7.00. The van der Waals surface area contributed by atoms with Gasteiger partial charge in [0.2, 0.25) is 0 Å². The van der Waals surface area contributed by atoms with Crippen LogP contribution >= 0.6 is 31.9 Å². The van der Waals surface area contributed by atoms with Crippen molar-refractivity contribution in [2.75, 3.05) is 18.0 Å². The number of hydrogen-bond acceptors (Lipinski definition) is 1. The van der Waals surface area contributed by atoms with Crippen LogP contribution in [0.1, 0.15) is 0 Å². The van der Waals surface area contributed by atoms with Crippen molar-refractivity contribution in [3.8, 4) is 0 Å². The molecular weight excluding hydrogens is 294 g/mol. The van der Waals surface area contributed by atoms with Crippen LogP contribution in [0, 0.1) is 0 Å². The minimum absolute atomic E-state index is 1.01. The molecule has 1 heterocycles. The van der Waals surface area contributed by atoms with Gasteiger partial charge in [0.05, 0.1) is 5.69 Å². The van der Waals surface area contributed by atoms with Gasteiger partial charge in [-0.05, 0) is 34.1 Å². The Morgan fingerprint density at radius 3 is 2.38 bits per heavy atom. The number of rotatable bonds is 1. The molecule has 1 aliphatic heterocycles. The molecule has 1 nitrogen and oxygen atoms in total. The van der Waals surface area contributed by atoms with E-state index in [-0.39, 0.29) is 0 Å². The summed E-state index contributed by atoms with van der Waals surface area (Å²) in [5.74, 6) is 0. The lowest BCUT2D eigenvalue weighted by Gasteiger charge is -2.19. The molecule has 0 saturated carbocycles. The van der Waals surface area contributed by atoms with Crippen LogP contribution in [0.4, 0.5) is 5.69 Å². The second-order valence-corrected chi connectivity index (χ2v) is 4.74. The van der Waals surface area contributed by atoms with E-state index in [4.69, 9.17) is 0 Å². The van der Waals surface area contributed by atoms with Crippen molar-refractivity contribution in [2.24, 2.45) is 0 Å². The molecule has 0 aromatic heterocycles. The molecule has 0 fully saturated rings. The van der Waals surface area contributed by atoms with Gasteiger partial charge in [-0.15, -0.1) is 0 Å². The zero-order valence-corrected chi connectivity index (χ0v) is 10.2. The minimum Gasteiger partial charge on any atom is -0.363 e. The average Bonchev–Trinajstić information content (AvgIpc) is 2.56. The second kappa shape index (κ2) is 3.84. The SMILES string of the molecule is Brc1ccc(N2CC=CC2)c(Br)c1. The molecule has 1 aliphatic rings. The second-order valence-electron chi connectivity index (χ2n) is 2.97. The van der Waals surface area contributed by atoms with Gasteiger partial charge in [-0.1, -0.05) is 28.1 Å². The van der Waals surface area contributed by atoms with E-state index >= 15 is 0 Å². The molecule has 0 aliphatic carbocycles. The van der Waals surface area contributed by atoms with Crippen LogP contribution in [0.2, 0.25) is 0 Å². The third-order valence-corrected chi connectivity index (χ3v) is 3.20. The molecule has 0 amide bonds. The van der Waals surface area contributed by atoms with E-state index in [0.717, 1.165) is 22.0 Å². The smallest absolute Gasteiger partial charge is 0.0517 e. The molecule has 1 aromatic rings. The van der Waals surface area contributed by atoms with Crippen molar-refractivity contribution in [1.29, 1.82) is 0 Å². The van der Waals surface area contributed by atoms with Gasteiger partial charge in [-0.25, -0.2) is 0 Å². The summed E-state index contributed by atoms with van der Waals surface area (Å²) in [7, 11) is 0. The van der Waals surface area contributed by atoms with E-state index in [2.05, 4.69) is 67.1 Å². The molecule has 13 heavy (non-hydrogen) atoms. The van der Waals surface area contributed by atoms with Crippen LogP contribution in [0.25, 0.3) is 0 Å². The molecule has 0 saturated heterocycles. The normalized spacial score (nSPS) is 15.4. The molecule has 0 atom stereocenters. The maximum atomic E-state index is 3.56. The third-order valence-electron chi connectivity index (χ3n) is 2.07. The zero-order valence-electron chi connectivity index (χ0n) is 7.00. The van der Waals surface area contributed by atoms with Gasteiger partial charge in [0.15, 0.2) is 0 Å². The van der Waals surface area contributed by atoms with Crippen molar-refractivity contribution < 1.29 is 0 Å². The van der Waals surface area contributed by atoms with Crippen molar-refractivity contribution in [3.05, 3.63) is 39.3 Å². The third kappa shape index (κ3) is 1.97. The summed E-state index contributed by atoms with van der Waals surface area (Å²) in [5, 5.41) is 0. The van der Waals surface area contributed by atoms with E-state index in [9.17, 15) is 0 Å². The van der Waals surface area contributed by atoms with Gasteiger partial charge < -0.3 is 4.90 Å². The van der Waals surface area contributed by atoms with Crippen molar-refractivity contribution >= 4 is 37.5 Å². The minimum atomic E-state index is 1.01. The Labute approximate surface area is 94.7 Å². The van der Waals surface area contributed by atoms with Crippen LogP contribution in [-0.2, 0) is 0 Å². The Morgan fingerprint density at radius 2 is 1.77 bits per heavy atom. The maximum absolute atomic E-state index is 3.56. The van der Waals surface area contributed by atoms with Crippen LogP contribution in [-0.4, -0.2) is 13.1 Å². The van der Waals surface area contributed by atoms with E-state index in [1.54, 1.807) is 0 Å². The topological polar surface area (TPSA) is 3.24 Å². The van der Waals surface area contributed by atoms with Crippen molar-refractivity contribution in [2.45, 2.75) is 0 Å². The molecule has 0 spiro atoms. The fraction of sp³-hybridized carbons (Fsp3) is 0.200. The van der Waals surface area contributed by atoms with Crippen molar-refractivity contribution in [1.82, 2.24) is 0 Å². The highest BCUT2D eigenvalue weighted by molar-refractivity contribution is 9.11. The Bertz CT molecular complexity index is 339. The summed E-state index contributed by atoms with van der Waals surface area (Å²) in [4.78, 5) is 2.32. The molecule has 3 heteroatoms. The predicted molar refractivity (Wildman–Crippen MR) is 63.2 cm³/mol. The molecule has 68 valence electrons. The lowest BCUT2D eigenvalue weighted by molar-refractivity contribution is 1.00. The molecule has 0 N–H and O–H groups in total. The van der Waals surface area contributed by atoms with Gasteiger partial charge in [0.1, 0.15) is 0 Å². The van der Waals surface area contributed by atoms with Crippen LogP contribution < -0.4 is 4.90 Å². The van der Waals surface area contributed by atoms with Gasteiger partial charge >= 0.3 is 0 Å². The summed E-state index contributed by atoms with van der Waals surface area (Å²) in [6.45, 7) is 2.03. The van der Waals surface area contributed by atoms with Gasteiger partial charge in [-0.3, -0.25) is 0 Å². The van der Waals surface area contributed by atoms with Crippen LogP contribution in [0.3, 0.4) is 0 Å². The first-order chi connectivity index (χ1) is 6.27. The molecule has 0 unspecified atom stereocenters. The quantitative estimate of drug-likeness (QED) is 0.717. The first-order valence-electron chi connectivity index (χ1n) is 4.12. The molecule has 2 rings (SSSR count). The number of anilines is 1. The lowest BCUT2D eigenvalue weighted by Crippen LogP contribution is -2.18. The largest absolute Gasteiger partial charge is 0.363 e. The predicted octanol–water partition coefficient (Wildman–Crippen LogP) is 3.59. The lowest BCUT2D eigenvalue weighted by atomic mass is 10.3. The number of benzene rings is 1. The Kier molecular flexibility index (Phi) is 2.74. The summed E-state index contributed by atoms with van der Waals surface area (Å²) in [5.41, 5.74) is 1.26. The van der Waals surface area contributed by atoms with Gasteiger partial charge in [0.25, 0.3) is 0 Å². The summed E-state index contributed by atoms with van der Waals surface area (Å²) < 4.78 is 2.25. The Morgan fingerprint density at radius 1 is 1.08 bits per heavy atom. The number of hydrogen-bond donors (Lipinski definition) is 0.